The van der Waals surface area contributed by atoms with Crippen LogP contribution in [0.5, 0.6) is 0 Å². The Bertz CT molecular complexity index is 1190. The summed E-state index contributed by atoms with van der Waals surface area (Å²) in [7, 11) is 0. The number of anilines is 1. The average Bonchev–Trinajstić information content (AvgIpc) is 3.42. The summed E-state index contributed by atoms with van der Waals surface area (Å²) in [6.07, 6.45) is 19.6. The Kier molecular flexibility index (Phi) is 10.9. The maximum Gasteiger partial charge on any atom is 0.340 e. The number of nitrogens with zero attached hydrogens (tertiary/aromatic N) is 3. The number of amidine groups is 2. The van der Waals surface area contributed by atoms with E-state index in [0.29, 0.717) is 5.69 Å². The van der Waals surface area contributed by atoms with E-state index >= 15 is 0 Å². The molecular weight excluding hydrogens is 514 g/mol. The Labute approximate surface area is 244 Å². The molecule has 1 aromatic rings. The van der Waals surface area contributed by atoms with E-state index in [4.69, 9.17) is 10.4 Å². The molecule has 1 aliphatic carbocycles. The number of hydrogen-bond donors (Lipinski definition) is 3. The van der Waals surface area contributed by atoms with Crippen LogP contribution < -0.4 is 5.32 Å². The standard InChI is InChI=1S/C33H45N5O3/c1-3-5-7-15-27(12-4-2)38(32(39)25-13-8-6-9-14-25)31(34)28(33(40)41)22-35-26-19-17-24(18-20-26)29-23-37-21-11-10-16-30(37)36-29/h10-11,16-22,25,27,29,34-35H,3-9,12-15,23H2,1-2H3,(H,40,41)/b28-22+,34-31?. The summed E-state index contributed by atoms with van der Waals surface area (Å²) in [6.45, 7) is 5.01. The summed E-state index contributed by atoms with van der Waals surface area (Å²) < 4.78 is 0. The van der Waals surface area contributed by atoms with Gasteiger partial charge in [0.15, 0.2) is 0 Å². The van der Waals surface area contributed by atoms with Crippen LogP contribution in [-0.4, -0.2) is 51.0 Å². The van der Waals surface area contributed by atoms with Gasteiger partial charge in [-0.3, -0.25) is 20.1 Å². The van der Waals surface area contributed by atoms with Crippen LogP contribution in [0.1, 0.15) is 96.1 Å². The highest BCUT2D eigenvalue weighted by Crippen LogP contribution is 2.30. The molecule has 1 amide bonds. The Morgan fingerprint density at radius 3 is 2.51 bits per heavy atom. The second kappa shape index (κ2) is 14.8. The molecule has 220 valence electrons. The van der Waals surface area contributed by atoms with Gasteiger partial charge in [0.25, 0.3) is 0 Å². The third kappa shape index (κ3) is 7.75. The molecule has 4 rings (SSSR count). The van der Waals surface area contributed by atoms with Crippen molar-refractivity contribution in [1.82, 2.24) is 9.80 Å². The molecule has 0 aromatic heterocycles. The molecular formula is C33H45N5O3. The van der Waals surface area contributed by atoms with Crippen molar-refractivity contribution in [3.8, 4) is 0 Å². The van der Waals surface area contributed by atoms with Gasteiger partial charge in [0.05, 0.1) is 12.6 Å². The number of benzene rings is 1. The highest BCUT2D eigenvalue weighted by molar-refractivity contribution is 6.21. The smallest absolute Gasteiger partial charge is 0.340 e. The van der Waals surface area contributed by atoms with Crippen LogP contribution in [-0.2, 0) is 9.59 Å². The number of aliphatic imine (C=N–C) groups is 1. The number of carboxylic acids is 1. The van der Waals surface area contributed by atoms with Crippen LogP contribution in [0.25, 0.3) is 0 Å². The number of fused-ring (bicyclic) bond motifs is 1. The quantitative estimate of drug-likeness (QED) is 0.104. The molecule has 2 unspecified atom stereocenters. The van der Waals surface area contributed by atoms with Gasteiger partial charge in [-0.1, -0.05) is 77.0 Å². The lowest BCUT2D eigenvalue weighted by atomic mass is 9.87. The zero-order valence-corrected chi connectivity index (χ0v) is 24.5. The minimum atomic E-state index is -1.22. The Morgan fingerprint density at radius 2 is 1.85 bits per heavy atom. The molecule has 41 heavy (non-hydrogen) atoms. The fourth-order valence-electron chi connectivity index (χ4n) is 6.01. The first kappa shape index (κ1) is 30.3. The van der Waals surface area contributed by atoms with Crippen molar-refractivity contribution in [3.63, 3.8) is 0 Å². The van der Waals surface area contributed by atoms with Gasteiger partial charge in [0.1, 0.15) is 17.2 Å². The van der Waals surface area contributed by atoms with Crippen LogP contribution in [0.3, 0.4) is 0 Å². The van der Waals surface area contributed by atoms with Crippen LogP contribution in [0.15, 0.2) is 65.5 Å². The van der Waals surface area contributed by atoms with Crippen molar-refractivity contribution in [2.75, 3.05) is 11.9 Å². The minimum absolute atomic E-state index is 0.0346. The lowest BCUT2D eigenvalue weighted by molar-refractivity contribution is -0.134. The molecule has 2 heterocycles. The van der Waals surface area contributed by atoms with Gasteiger partial charge in [0.2, 0.25) is 5.91 Å². The molecule has 8 nitrogen and oxygen atoms in total. The summed E-state index contributed by atoms with van der Waals surface area (Å²) in [4.78, 5) is 34.8. The minimum Gasteiger partial charge on any atom is -0.478 e. The predicted octanol–water partition coefficient (Wildman–Crippen LogP) is 7.04. The van der Waals surface area contributed by atoms with E-state index in [9.17, 15) is 14.7 Å². The number of aliphatic carboxylic acids is 1. The molecule has 1 aromatic carbocycles. The molecule has 0 saturated heterocycles. The summed E-state index contributed by atoms with van der Waals surface area (Å²) in [5.41, 5.74) is 1.59. The molecule has 3 aliphatic rings. The van der Waals surface area contributed by atoms with Crippen molar-refractivity contribution >= 4 is 29.2 Å². The van der Waals surface area contributed by atoms with Crippen molar-refractivity contribution in [3.05, 3.63) is 66.0 Å². The maximum absolute atomic E-state index is 13.9. The third-order valence-electron chi connectivity index (χ3n) is 8.30. The molecule has 8 heteroatoms. The number of amides is 1. The van der Waals surface area contributed by atoms with E-state index < -0.39 is 5.97 Å². The van der Waals surface area contributed by atoms with Gasteiger partial charge in [-0.05, 0) is 55.5 Å². The van der Waals surface area contributed by atoms with E-state index in [-0.39, 0.29) is 35.3 Å². The van der Waals surface area contributed by atoms with Crippen LogP contribution in [0.2, 0.25) is 0 Å². The van der Waals surface area contributed by atoms with Crippen LogP contribution >= 0.6 is 0 Å². The first-order valence-corrected chi connectivity index (χ1v) is 15.3. The Hall–Kier alpha value is -3.68. The van der Waals surface area contributed by atoms with E-state index in [0.717, 1.165) is 88.6 Å². The molecule has 2 atom stereocenters. The normalized spacial score (nSPS) is 19.5. The number of nitrogens with one attached hydrogen (secondary N) is 2. The van der Waals surface area contributed by atoms with E-state index in [1.165, 1.54) is 11.1 Å². The number of carbonyl (C=O) groups excluding carboxylic acids is 1. The van der Waals surface area contributed by atoms with Gasteiger partial charge in [-0.25, -0.2) is 4.79 Å². The second-order valence-corrected chi connectivity index (χ2v) is 11.3. The average molecular weight is 560 g/mol. The van der Waals surface area contributed by atoms with Gasteiger partial charge in [0, 0.05) is 30.0 Å². The maximum atomic E-state index is 13.9. The second-order valence-electron chi connectivity index (χ2n) is 11.3. The first-order valence-electron chi connectivity index (χ1n) is 15.3. The molecule has 3 N–H and O–H groups in total. The zero-order valence-electron chi connectivity index (χ0n) is 24.5. The molecule has 0 spiro atoms. The first-order chi connectivity index (χ1) is 19.9. The number of rotatable bonds is 13. The van der Waals surface area contributed by atoms with Crippen molar-refractivity contribution in [2.24, 2.45) is 10.9 Å². The SMILES string of the molecule is CCCCCC(CCC)N(C(=N)/C(=C\Nc1ccc(C2CN3C=CC=CC3=N2)cc1)C(=O)O)C(=O)C1CCCCC1. The van der Waals surface area contributed by atoms with Crippen molar-refractivity contribution in [1.29, 1.82) is 5.41 Å². The molecule has 0 bridgehead atoms. The summed E-state index contributed by atoms with van der Waals surface area (Å²) in [6, 6.07) is 7.64. The van der Waals surface area contributed by atoms with Gasteiger partial charge in [-0.15, -0.1) is 0 Å². The fraction of sp³-hybridized carbons (Fsp3) is 0.515. The fourth-order valence-corrected chi connectivity index (χ4v) is 6.01. The number of carboxylic acid groups (broad SMARTS) is 1. The molecule has 1 fully saturated rings. The summed E-state index contributed by atoms with van der Waals surface area (Å²) in [5, 5.41) is 22.3. The van der Waals surface area contributed by atoms with Crippen LogP contribution in [0.4, 0.5) is 5.69 Å². The topological polar surface area (TPSA) is 109 Å². The third-order valence-corrected chi connectivity index (χ3v) is 8.30. The Balaban J connectivity index is 1.52. The summed E-state index contributed by atoms with van der Waals surface area (Å²) >= 11 is 0. The van der Waals surface area contributed by atoms with Gasteiger partial charge < -0.3 is 15.3 Å². The van der Waals surface area contributed by atoms with E-state index in [1.807, 2.05) is 48.7 Å². The lowest BCUT2D eigenvalue weighted by Crippen LogP contribution is -2.49. The monoisotopic (exact) mass is 559 g/mol. The predicted molar refractivity (Wildman–Crippen MR) is 165 cm³/mol. The highest BCUT2D eigenvalue weighted by Gasteiger charge is 2.35. The molecule has 1 saturated carbocycles. The lowest BCUT2D eigenvalue weighted by Gasteiger charge is -2.36. The molecule has 0 radical (unpaired) electrons. The largest absolute Gasteiger partial charge is 0.478 e. The molecule has 2 aliphatic heterocycles. The number of allylic oxidation sites excluding steroid dienone is 2. The summed E-state index contributed by atoms with van der Waals surface area (Å²) in [5.74, 6) is -0.706. The van der Waals surface area contributed by atoms with Gasteiger partial charge >= 0.3 is 5.97 Å². The van der Waals surface area contributed by atoms with E-state index in [2.05, 4.69) is 24.1 Å². The number of hydrogen-bond acceptors (Lipinski definition) is 6. The van der Waals surface area contributed by atoms with E-state index in [1.54, 1.807) is 0 Å². The van der Waals surface area contributed by atoms with Crippen molar-refractivity contribution in [2.45, 2.75) is 96.6 Å². The number of carbonyl (C=O) groups is 2. The zero-order chi connectivity index (χ0) is 29.2. The van der Waals surface area contributed by atoms with Crippen molar-refractivity contribution < 1.29 is 14.7 Å². The Morgan fingerprint density at radius 1 is 1.10 bits per heavy atom. The number of unbranched alkanes of at least 4 members (excludes halogenated alkanes) is 2. The highest BCUT2D eigenvalue weighted by atomic mass is 16.4. The van der Waals surface area contributed by atoms with Crippen LogP contribution in [0, 0.1) is 11.3 Å². The van der Waals surface area contributed by atoms with Gasteiger partial charge in [-0.2, -0.15) is 0 Å².